The number of hydrogen-bond acceptors (Lipinski definition) is 9. The molecule has 0 spiro atoms. The summed E-state index contributed by atoms with van der Waals surface area (Å²) >= 11 is 0. The first-order chi connectivity index (χ1) is 20.5. The number of carboxylic acids is 1. The number of aromatic amines is 1. The smallest absolute Gasteiger partial charge is 0.326 e. The third-order valence-corrected chi connectivity index (χ3v) is 6.32. The number of primary amides is 1. The number of imidazole rings is 1. The highest BCUT2D eigenvalue weighted by molar-refractivity contribution is 5.96. The van der Waals surface area contributed by atoms with Crippen molar-refractivity contribution in [3.8, 4) is 0 Å². The van der Waals surface area contributed by atoms with Crippen LogP contribution in [0.5, 0.6) is 0 Å². The Morgan fingerprint density at radius 1 is 0.814 bits per heavy atom. The molecule has 0 radical (unpaired) electrons. The standard InChI is InChI=1S/C27H39N9O7/c28-9-5-4-8-18(33-23(38)13-29)24(39)34-19(11-17-14-31-15-32-17)25(40)35-20(12-22(30)37)26(41)36-21(27(42)43)10-16-6-2-1-3-7-16/h1-3,6-7,14-15,18-21H,4-5,8-13,28-29H2,(H2,30,37)(H,31,32)(H,33,38)(H,34,39)(H,35,40)(H,36,41)(H,42,43)/t18-,19-,20-,21+/m1/s1. The fraction of sp³-hybridized carbons (Fsp3) is 0.444. The van der Waals surface area contributed by atoms with E-state index in [1.165, 1.54) is 12.5 Å². The number of carbonyl (C=O) groups excluding carboxylic acids is 5. The summed E-state index contributed by atoms with van der Waals surface area (Å²) in [4.78, 5) is 82.2. The topological polar surface area (TPSA) is 278 Å². The van der Waals surface area contributed by atoms with E-state index in [0.29, 0.717) is 30.6 Å². The van der Waals surface area contributed by atoms with Gasteiger partial charge in [0.25, 0.3) is 0 Å². The summed E-state index contributed by atoms with van der Waals surface area (Å²) < 4.78 is 0. The molecule has 1 aromatic heterocycles. The zero-order valence-electron chi connectivity index (χ0n) is 23.6. The Balaban J connectivity index is 2.24. The minimum atomic E-state index is -1.56. The van der Waals surface area contributed by atoms with E-state index in [2.05, 4.69) is 31.2 Å². The lowest BCUT2D eigenvalue weighted by molar-refractivity contribution is -0.142. The van der Waals surface area contributed by atoms with Crippen LogP contribution in [0.25, 0.3) is 0 Å². The average molecular weight is 602 g/mol. The number of aromatic nitrogens is 2. The van der Waals surface area contributed by atoms with Gasteiger partial charge in [0.2, 0.25) is 29.5 Å². The third-order valence-electron chi connectivity index (χ3n) is 6.32. The number of nitrogens with one attached hydrogen (secondary N) is 5. The van der Waals surface area contributed by atoms with Crippen LogP contribution in [0, 0.1) is 0 Å². The highest BCUT2D eigenvalue weighted by Crippen LogP contribution is 2.07. The van der Waals surface area contributed by atoms with Gasteiger partial charge < -0.3 is 48.6 Å². The first-order valence-electron chi connectivity index (χ1n) is 13.7. The van der Waals surface area contributed by atoms with Crippen LogP contribution in [0.2, 0.25) is 0 Å². The molecule has 0 bridgehead atoms. The second kappa shape index (κ2) is 17.9. The van der Waals surface area contributed by atoms with Crippen molar-refractivity contribution in [3.05, 3.63) is 54.1 Å². The molecule has 16 heteroatoms. The Kier molecular flexibility index (Phi) is 14.3. The maximum absolute atomic E-state index is 13.4. The molecule has 16 nitrogen and oxygen atoms in total. The van der Waals surface area contributed by atoms with E-state index in [4.69, 9.17) is 17.2 Å². The number of carbonyl (C=O) groups is 6. The van der Waals surface area contributed by atoms with Crippen LogP contribution in [0.15, 0.2) is 42.9 Å². The largest absolute Gasteiger partial charge is 0.480 e. The van der Waals surface area contributed by atoms with E-state index in [-0.39, 0.29) is 25.8 Å². The molecule has 12 N–H and O–H groups in total. The van der Waals surface area contributed by atoms with Crippen molar-refractivity contribution in [1.82, 2.24) is 31.2 Å². The van der Waals surface area contributed by atoms with Crippen molar-refractivity contribution in [2.24, 2.45) is 17.2 Å². The zero-order chi connectivity index (χ0) is 31.8. The van der Waals surface area contributed by atoms with E-state index >= 15 is 0 Å². The van der Waals surface area contributed by atoms with E-state index in [9.17, 15) is 33.9 Å². The van der Waals surface area contributed by atoms with E-state index < -0.39 is 66.1 Å². The summed E-state index contributed by atoms with van der Waals surface area (Å²) in [7, 11) is 0. The van der Waals surface area contributed by atoms with Gasteiger partial charge in [-0.3, -0.25) is 24.0 Å². The molecule has 5 amide bonds. The van der Waals surface area contributed by atoms with E-state index in [1.807, 2.05) is 0 Å². The summed E-state index contributed by atoms with van der Waals surface area (Å²) in [6, 6.07) is 3.28. The van der Waals surface area contributed by atoms with Crippen molar-refractivity contribution >= 4 is 35.5 Å². The maximum Gasteiger partial charge on any atom is 0.326 e. The number of nitrogens with zero attached hydrogens (tertiary/aromatic N) is 1. The van der Waals surface area contributed by atoms with Crippen molar-refractivity contribution in [3.63, 3.8) is 0 Å². The number of nitrogens with two attached hydrogens (primary N) is 3. The van der Waals surface area contributed by atoms with E-state index in [0.717, 1.165) is 0 Å². The number of carboxylic acid groups (broad SMARTS) is 1. The quantitative estimate of drug-likeness (QED) is 0.0745. The monoisotopic (exact) mass is 601 g/mol. The molecule has 4 atom stereocenters. The van der Waals surface area contributed by atoms with Crippen LogP contribution < -0.4 is 38.5 Å². The molecule has 0 saturated carbocycles. The molecule has 0 aliphatic carbocycles. The molecular formula is C27H39N9O7. The molecule has 1 aromatic carbocycles. The first-order valence-corrected chi connectivity index (χ1v) is 13.7. The van der Waals surface area contributed by atoms with Gasteiger partial charge >= 0.3 is 5.97 Å². The van der Waals surface area contributed by atoms with Crippen LogP contribution in [0.4, 0.5) is 0 Å². The van der Waals surface area contributed by atoms with E-state index in [1.54, 1.807) is 30.3 Å². The number of benzene rings is 1. The average Bonchev–Trinajstić information content (AvgIpc) is 3.48. The molecule has 0 fully saturated rings. The third kappa shape index (κ3) is 12.3. The van der Waals surface area contributed by atoms with Gasteiger partial charge in [0.1, 0.15) is 24.2 Å². The summed E-state index contributed by atoms with van der Waals surface area (Å²) in [5, 5.41) is 19.5. The minimum absolute atomic E-state index is 0.0585. The molecule has 43 heavy (non-hydrogen) atoms. The Labute approximate surface area is 247 Å². The van der Waals surface area contributed by atoms with Crippen LogP contribution in [-0.4, -0.2) is 87.8 Å². The molecule has 234 valence electrons. The van der Waals surface area contributed by atoms with Gasteiger partial charge in [0.05, 0.1) is 25.0 Å². The number of H-pyrrole nitrogens is 1. The van der Waals surface area contributed by atoms with Crippen LogP contribution in [0.3, 0.4) is 0 Å². The normalized spacial score (nSPS) is 13.5. The van der Waals surface area contributed by atoms with Gasteiger partial charge in [-0.1, -0.05) is 30.3 Å². The van der Waals surface area contributed by atoms with Crippen molar-refractivity contribution in [2.75, 3.05) is 13.1 Å². The first kappa shape index (κ1) is 34.4. The van der Waals surface area contributed by atoms with Crippen molar-refractivity contribution in [2.45, 2.75) is 62.7 Å². The van der Waals surface area contributed by atoms with Gasteiger partial charge in [-0.15, -0.1) is 0 Å². The fourth-order valence-electron chi connectivity index (χ4n) is 4.11. The number of unbranched alkanes of at least 4 members (excludes halogenated alkanes) is 1. The van der Waals surface area contributed by atoms with Crippen molar-refractivity contribution < 1.29 is 33.9 Å². The van der Waals surface area contributed by atoms with Crippen LogP contribution >= 0.6 is 0 Å². The van der Waals surface area contributed by atoms with Gasteiger partial charge in [0, 0.05) is 19.0 Å². The lowest BCUT2D eigenvalue weighted by atomic mass is 10.0. The number of rotatable bonds is 19. The highest BCUT2D eigenvalue weighted by Gasteiger charge is 2.32. The molecule has 0 saturated heterocycles. The SMILES string of the molecule is NCCCC[C@@H](NC(=O)CN)C(=O)N[C@H](Cc1c[nH]cn1)C(=O)N[C@H](CC(N)=O)C(=O)N[C@@H](Cc1ccccc1)C(=O)O. The van der Waals surface area contributed by atoms with Gasteiger partial charge in [0.15, 0.2) is 0 Å². The Bertz CT molecular complexity index is 1220. The maximum atomic E-state index is 13.4. The Morgan fingerprint density at radius 3 is 2.02 bits per heavy atom. The molecule has 1 heterocycles. The number of amides is 5. The fourth-order valence-corrected chi connectivity index (χ4v) is 4.11. The van der Waals surface area contributed by atoms with Crippen LogP contribution in [-0.2, 0) is 41.6 Å². The lowest BCUT2D eigenvalue weighted by Crippen LogP contribution is -2.59. The predicted octanol–water partition coefficient (Wildman–Crippen LogP) is -2.82. The summed E-state index contributed by atoms with van der Waals surface area (Å²) in [5.74, 6) is -5.38. The van der Waals surface area contributed by atoms with Crippen molar-refractivity contribution in [1.29, 1.82) is 0 Å². The van der Waals surface area contributed by atoms with Gasteiger partial charge in [-0.2, -0.15) is 0 Å². The summed E-state index contributed by atoms with van der Waals surface area (Å²) in [6.45, 7) is 0.0180. The van der Waals surface area contributed by atoms with Gasteiger partial charge in [-0.05, 0) is 31.4 Å². The summed E-state index contributed by atoms with van der Waals surface area (Å²) in [5.41, 5.74) is 17.3. The van der Waals surface area contributed by atoms with Crippen LogP contribution in [0.1, 0.15) is 36.9 Å². The lowest BCUT2D eigenvalue weighted by Gasteiger charge is -2.25. The van der Waals surface area contributed by atoms with Gasteiger partial charge in [-0.25, -0.2) is 9.78 Å². The molecule has 2 rings (SSSR count). The number of aliphatic carboxylic acids is 1. The number of hydrogen-bond donors (Lipinski definition) is 9. The second-order valence-electron chi connectivity index (χ2n) is 9.76. The molecule has 0 aliphatic rings. The minimum Gasteiger partial charge on any atom is -0.480 e. The highest BCUT2D eigenvalue weighted by atomic mass is 16.4. The zero-order valence-corrected chi connectivity index (χ0v) is 23.6. The molecule has 2 aromatic rings. The molecule has 0 aliphatic heterocycles. The Morgan fingerprint density at radius 2 is 1.44 bits per heavy atom. The predicted molar refractivity (Wildman–Crippen MR) is 154 cm³/mol. The Hall–Kier alpha value is -4.83. The second-order valence-corrected chi connectivity index (χ2v) is 9.76. The summed E-state index contributed by atoms with van der Waals surface area (Å²) in [6.07, 6.45) is 3.34. The molecular weight excluding hydrogens is 562 g/mol. The molecule has 0 unspecified atom stereocenters.